The van der Waals surface area contributed by atoms with Crippen molar-refractivity contribution in [3.8, 4) is 0 Å². The van der Waals surface area contributed by atoms with Crippen molar-refractivity contribution in [1.82, 2.24) is 19.7 Å². The summed E-state index contributed by atoms with van der Waals surface area (Å²) in [6.45, 7) is 1.96. The molecule has 0 unspecified atom stereocenters. The number of aliphatic carboxylic acids is 2. The van der Waals surface area contributed by atoms with E-state index in [1.165, 1.54) is 0 Å². The molecule has 0 atom stereocenters. The van der Waals surface area contributed by atoms with Crippen LogP contribution < -0.4 is 0 Å². The van der Waals surface area contributed by atoms with Crippen molar-refractivity contribution in [2.75, 3.05) is 0 Å². The Morgan fingerprint density at radius 2 is 1.79 bits per heavy atom. The number of aryl methyl sites for hydroxylation is 3. The maximum Gasteiger partial charge on any atom is 0.328 e. The highest BCUT2D eigenvalue weighted by Gasteiger charge is 2.16. The third kappa shape index (κ3) is 5.37. The molecule has 146 valence electrons. The minimum Gasteiger partial charge on any atom is -0.478 e. The van der Waals surface area contributed by atoms with E-state index in [9.17, 15) is 14.4 Å². The Balaban J connectivity index is 0.000000300. The molecule has 0 amide bonds. The van der Waals surface area contributed by atoms with Crippen LogP contribution in [0.15, 0.2) is 42.7 Å². The van der Waals surface area contributed by atoms with Gasteiger partial charge in [-0.1, -0.05) is 18.2 Å². The Hall–Kier alpha value is -3.75. The average Bonchev–Trinajstić information content (AvgIpc) is 3.22. The molecule has 0 aliphatic rings. The molecule has 0 fully saturated rings. The molecular formula is C19H20N4O5. The molecule has 0 aliphatic heterocycles. The van der Waals surface area contributed by atoms with Crippen molar-refractivity contribution in [3.63, 3.8) is 0 Å². The monoisotopic (exact) mass is 384 g/mol. The number of carbonyl (C=O) groups is 3. The van der Waals surface area contributed by atoms with Gasteiger partial charge in [-0.2, -0.15) is 5.10 Å². The lowest BCUT2D eigenvalue weighted by atomic mass is 10.1. The van der Waals surface area contributed by atoms with E-state index in [2.05, 4.69) is 15.1 Å². The number of carboxylic acids is 2. The van der Waals surface area contributed by atoms with Crippen LogP contribution in [-0.4, -0.2) is 47.7 Å². The van der Waals surface area contributed by atoms with Crippen LogP contribution in [-0.2, 0) is 23.1 Å². The van der Waals surface area contributed by atoms with Gasteiger partial charge in [-0.3, -0.25) is 9.48 Å². The van der Waals surface area contributed by atoms with E-state index in [1.54, 1.807) is 11.0 Å². The van der Waals surface area contributed by atoms with Gasteiger partial charge in [0.15, 0.2) is 5.78 Å². The van der Waals surface area contributed by atoms with Gasteiger partial charge in [0, 0.05) is 36.7 Å². The maximum atomic E-state index is 12.4. The summed E-state index contributed by atoms with van der Waals surface area (Å²) < 4.78 is 1.75. The van der Waals surface area contributed by atoms with Gasteiger partial charge in [-0.25, -0.2) is 14.6 Å². The molecule has 9 nitrogen and oxygen atoms in total. The first kappa shape index (κ1) is 20.6. The number of aromatic nitrogens is 4. The second kappa shape index (κ2) is 9.26. The molecule has 0 saturated carbocycles. The van der Waals surface area contributed by atoms with Gasteiger partial charge in [-0.15, -0.1) is 0 Å². The number of H-pyrrole nitrogens is 1. The van der Waals surface area contributed by atoms with Crippen LogP contribution in [0.2, 0.25) is 0 Å². The fourth-order valence-corrected chi connectivity index (χ4v) is 2.55. The molecule has 2 heterocycles. The number of rotatable bonds is 6. The van der Waals surface area contributed by atoms with Crippen LogP contribution in [0.4, 0.5) is 0 Å². The minimum atomic E-state index is -1.26. The molecule has 3 N–H and O–H groups in total. The van der Waals surface area contributed by atoms with Crippen LogP contribution in [0, 0.1) is 6.92 Å². The first-order valence-electron chi connectivity index (χ1n) is 8.37. The quantitative estimate of drug-likeness (QED) is 0.437. The molecule has 3 rings (SSSR count). The number of imidazole rings is 1. The Kier molecular flexibility index (Phi) is 6.80. The summed E-state index contributed by atoms with van der Waals surface area (Å²) in [7, 11) is 1.86. The number of hydrogen-bond donors (Lipinski definition) is 3. The molecule has 0 bridgehead atoms. The number of fused-ring (bicyclic) bond motifs is 1. The molecule has 3 aromatic rings. The van der Waals surface area contributed by atoms with E-state index in [-0.39, 0.29) is 5.78 Å². The summed E-state index contributed by atoms with van der Waals surface area (Å²) in [6.07, 6.45) is 3.84. The van der Waals surface area contributed by atoms with Gasteiger partial charge in [0.2, 0.25) is 0 Å². The van der Waals surface area contributed by atoms with Crippen LogP contribution in [0.1, 0.15) is 28.3 Å². The van der Waals surface area contributed by atoms with Crippen molar-refractivity contribution < 1.29 is 24.6 Å². The van der Waals surface area contributed by atoms with E-state index in [4.69, 9.17) is 10.2 Å². The summed E-state index contributed by atoms with van der Waals surface area (Å²) in [5, 5.41) is 20.9. The second-order valence-corrected chi connectivity index (χ2v) is 5.90. The fourth-order valence-electron chi connectivity index (χ4n) is 2.55. The molecule has 0 aliphatic carbocycles. The second-order valence-electron chi connectivity index (χ2n) is 5.90. The first-order chi connectivity index (χ1) is 13.3. The SMILES string of the molecule is Cc1[nH]cnc1CCC(=O)c1nn(C)c2ccccc12.O=C(O)/C=C\C(=O)O. The number of ketones is 1. The first-order valence-corrected chi connectivity index (χ1v) is 8.37. The number of Topliss-reactive ketones (excluding diaryl/α,β-unsaturated/α-hetero) is 1. The summed E-state index contributed by atoms with van der Waals surface area (Å²) in [5.74, 6) is -2.45. The highest BCUT2D eigenvalue weighted by Crippen LogP contribution is 2.19. The van der Waals surface area contributed by atoms with Crippen molar-refractivity contribution in [2.45, 2.75) is 19.8 Å². The third-order valence-electron chi connectivity index (χ3n) is 3.91. The average molecular weight is 384 g/mol. The molecular weight excluding hydrogens is 364 g/mol. The van der Waals surface area contributed by atoms with E-state index in [0.717, 1.165) is 22.3 Å². The number of nitrogens with one attached hydrogen (secondary N) is 1. The molecule has 28 heavy (non-hydrogen) atoms. The molecule has 0 spiro atoms. The van der Waals surface area contributed by atoms with E-state index < -0.39 is 11.9 Å². The Morgan fingerprint density at radius 3 is 2.36 bits per heavy atom. The number of nitrogens with zero attached hydrogens (tertiary/aromatic N) is 3. The standard InChI is InChI=1S/C15H16N4O.C4H4O4/c1-10-12(17-9-16-10)7-8-14(20)15-11-5-3-4-6-13(11)19(2)18-15;5-3(6)1-2-4(7)8/h3-6,9H,7-8H2,1-2H3,(H,16,17);1-2H,(H,5,6)(H,7,8)/b;2-1-. The smallest absolute Gasteiger partial charge is 0.328 e. The maximum absolute atomic E-state index is 12.4. The Morgan fingerprint density at radius 1 is 1.14 bits per heavy atom. The Bertz CT molecular complexity index is 1020. The van der Waals surface area contributed by atoms with Gasteiger partial charge >= 0.3 is 11.9 Å². The normalized spacial score (nSPS) is 10.6. The van der Waals surface area contributed by atoms with Crippen LogP contribution >= 0.6 is 0 Å². The molecule has 1 aromatic carbocycles. The zero-order chi connectivity index (χ0) is 20.7. The molecule has 2 aromatic heterocycles. The number of aromatic amines is 1. The van der Waals surface area contributed by atoms with Gasteiger partial charge in [0.25, 0.3) is 0 Å². The summed E-state index contributed by atoms with van der Waals surface area (Å²) >= 11 is 0. The predicted octanol–water partition coefficient (Wildman–Crippen LogP) is 2.13. The van der Waals surface area contributed by atoms with Crippen molar-refractivity contribution in [2.24, 2.45) is 7.05 Å². The highest BCUT2D eigenvalue weighted by atomic mass is 16.4. The number of carboxylic acid groups (broad SMARTS) is 2. The zero-order valence-corrected chi connectivity index (χ0v) is 15.4. The topological polar surface area (TPSA) is 138 Å². The largest absolute Gasteiger partial charge is 0.478 e. The highest BCUT2D eigenvalue weighted by molar-refractivity contribution is 6.06. The lowest BCUT2D eigenvalue weighted by Crippen LogP contribution is -2.04. The summed E-state index contributed by atoms with van der Waals surface area (Å²) in [6, 6.07) is 7.79. The van der Waals surface area contributed by atoms with E-state index in [0.29, 0.717) is 30.7 Å². The zero-order valence-electron chi connectivity index (χ0n) is 15.4. The van der Waals surface area contributed by atoms with Crippen LogP contribution in [0.5, 0.6) is 0 Å². The van der Waals surface area contributed by atoms with E-state index >= 15 is 0 Å². The molecule has 9 heteroatoms. The summed E-state index contributed by atoms with van der Waals surface area (Å²) in [4.78, 5) is 38.7. The van der Waals surface area contributed by atoms with Crippen LogP contribution in [0.3, 0.4) is 0 Å². The molecule has 0 saturated heterocycles. The van der Waals surface area contributed by atoms with Crippen molar-refractivity contribution in [3.05, 3.63) is 59.8 Å². The lowest BCUT2D eigenvalue weighted by Gasteiger charge is -1.98. The van der Waals surface area contributed by atoms with Gasteiger partial charge < -0.3 is 15.2 Å². The number of carbonyl (C=O) groups excluding carboxylic acids is 1. The fraction of sp³-hybridized carbons (Fsp3) is 0.211. The van der Waals surface area contributed by atoms with Crippen LogP contribution in [0.25, 0.3) is 10.9 Å². The Labute approximate surface area is 160 Å². The lowest BCUT2D eigenvalue weighted by molar-refractivity contribution is -0.134. The number of para-hydroxylation sites is 1. The van der Waals surface area contributed by atoms with Crippen molar-refractivity contribution in [1.29, 1.82) is 0 Å². The molecule has 0 radical (unpaired) electrons. The van der Waals surface area contributed by atoms with Gasteiger partial charge in [0.05, 0.1) is 17.5 Å². The summed E-state index contributed by atoms with van der Waals surface area (Å²) in [5.41, 5.74) is 3.49. The van der Waals surface area contributed by atoms with Gasteiger partial charge in [-0.05, 0) is 19.4 Å². The number of hydrogen-bond acceptors (Lipinski definition) is 5. The minimum absolute atomic E-state index is 0.0594. The van der Waals surface area contributed by atoms with Crippen molar-refractivity contribution >= 4 is 28.6 Å². The predicted molar refractivity (Wildman–Crippen MR) is 101 cm³/mol. The number of benzene rings is 1. The van der Waals surface area contributed by atoms with Gasteiger partial charge in [0.1, 0.15) is 5.69 Å². The van der Waals surface area contributed by atoms with E-state index in [1.807, 2.05) is 38.2 Å². The third-order valence-corrected chi connectivity index (χ3v) is 3.91.